The normalized spacial score (nSPS) is 9.94. The van der Waals surface area contributed by atoms with Gasteiger partial charge in [0.25, 0.3) is 0 Å². The van der Waals surface area contributed by atoms with E-state index in [9.17, 15) is 4.79 Å². The third-order valence-electron chi connectivity index (χ3n) is 2.42. The fraction of sp³-hybridized carbons (Fsp3) is 0.462. The summed E-state index contributed by atoms with van der Waals surface area (Å²) in [6.45, 7) is 2.92. The van der Waals surface area contributed by atoms with E-state index in [0.29, 0.717) is 18.0 Å². The molecule has 0 saturated carbocycles. The zero-order valence-corrected chi connectivity index (χ0v) is 11.2. The summed E-state index contributed by atoms with van der Waals surface area (Å²) >= 11 is 0. The molecular weight excluding hydrogens is 230 g/mol. The predicted molar refractivity (Wildman–Crippen MR) is 73.8 cm³/mol. The highest BCUT2D eigenvalue weighted by Crippen LogP contribution is 2.25. The number of likely N-dealkylation sites (N-methyl/N-ethyl adjacent to an activating group) is 1. The van der Waals surface area contributed by atoms with Crippen LogP contribution in [0.5, 0.6) is 5.75 Å². The number of nitrogens with zero attached hydrogens (tertiary/aromatic N) is 1. The molecule has 100 valence electrons. The van der Waals surface area contributed by atoms with Crippen molar-refractivity contribution in [3.8, 4) is 5.75 Å². The standard InChI is InChI=1S/C13H21N3O2/c1-4-7-18-12-8-10(5-6-11(12)14)15-9-13(17)16(2)3/h5-6,8,15H,4,7,9,14H2,1-3H3. The van der Waals surface area contributed by atoms with Crippen LogP contribution in [0.15, 0.2) is 18.2 Å². The molecule has 1 aromatic rings. The fourth-order valence-corrected chi connectivity index (χ4v) is 1.32. The number of nitrogen functional groups attached to an aromatic ring is 1. The summed E-state index contributed by atoms with van der Waals surface area (Å²) in [5, 5.41) is 3.04. The third kappa shape index (κ3) is 4.16. The zero-order chi connectivity index (χ0) is 13.5. The van der Waals surface area contributed by atoms with Crippen LogP contribution in [0.2, 0.25) is 0 Å². The lowest BCUT2D eigenvalue weighted by atomic mass is 10.2. The Bertz CT molecular complexity index is 405. The molecule has 0 unspecified atom stereocenters. The first kappa shape index (κ1) is 14.2. The average Bonchev–Trinajstić information content (AvgIpc) is 2.35. The Balaban J connectivity index is 2.64. The van der Waals surface area contributed by atoms with Crippen molar-refractivity contribution in [2.24, 2.45) is 0 Å². The quantitative estimate of drug-likeness (QED) is 0.753. The van der Waals surface area contributed by atoms with Crippen LogP contribution < -0.4 is 15.8 Å². The number of rotatable bonds is 6. The van der Waals surface area contributed by atoms with E-state index in [2.05, 4.69) is 5.32 Å². The summed E-state index contributed by atoms with van der Waals surface area (Å²) < 4.78 is 5.52. The van der Waals surface area contributed by atoms with Gasteiger partial charge in [-0.3, -0.25) is 4.79 Å². The second-order valence-electron chi connectivity index (χ2n) is 4.24. The van der Waals surface area contributed by atoms with Crippen LogP contribution in [0.25, 0.3) is 0 Å². The van der Waals surface area contributed by atoms with E-state index in [1.165, 1.54) is 0 Å². The van der Waals surface area contributed by atoms with Crippen LogP contribution in [0.1, 0.15) is 13.3 Å². The van der Waals surface area contributed by atoms with Crippen molar-refractivity contribution in [1.29, 1.82) is 0 Å². The van der Waals surface area contributed by atoms with Crippen molar-refractivity contribution < 1.29 is 9.53 Å². The molecule has 0 saturated heterocycles. The number of benzene rings is 1. The van der Waals surface area contributed by atoms with Crippen LogP contribution in [0.3, 0.4) is 0 Å². The van der Waals surface area contributed by atoms with Crippen LogP contribution in [-0.4, -0.2) is 38.1 Å². The summed E-state index contributed by atoms with van der Waals surface area (Å²) in [7, 11) is 3.45. The highest BCUT2D eigenvalue weighted by Gasteiger charge is 2.05. The molecule has 18 heavy (non-hydrogen) atoms. The molecule has 0 aromatic heterocycles. The molecule has 3 N–H and O–H groups in total. The van der Waals surface area contributed by atoms with E-state index in [1.54, 1.807) is 25.1 Å². The first-order chi connectivity index (χ1) is 8.54. The minimum atomic E-state index is 0.0165. The molecule has 0 fully saturated rings. The van der Waals surface area contributed by atoms with Gasteiger partial charge in [0.15, 0.2) is 0 Å². The Morgan fingerprint density at radius 2 is 2.17 bits per heavy atom. The molecule has 0 bridgehead atoms. The molecule has 1 rings (SSSR count). The van der Waals surface area contributed by atoms with Gasteiger partial charge >= 0.3 is 0 Å². The van der Waals surface area contributed by atoms with Crippen molar-refractivity contribution in [3.63, 3.8) is 0 Å². The largest absolute Gasteiger partial charge is 0.491 e. The summed E-state index contributed by atoms with van der Waals surface area (Å²) in [6, 6.07) is 5.42. The Kier molecular flexibility index (Phi) is 5.30. The lowest BCUT2D eigenvalue weighted by Crippen LogP contribution is -2.28. The average molecular weight is 251 g/mol. The molecule has 0 aliphatic carbocycles. The van der Waals surface area contributed by atoms with Gasteiger partial charge < -0.3 is 20.7 Å². The monoisotopic (exact) mass is 251 g/mol. The minimum Gasteiger partial charge on any atom is -0.491 e. The summed E-state index contributed by atoms with van der Waals surface area (Å²) in [6.07, 6.45) is 0.927. The van der Waals surface area contributed by atoms with E-state index < -0.39 is 0 Å². The number of nitrogens with one attached hydrogen (secondary N) is 1. The number of carbonyl (C=O) groups is 1. The molecule has 1 amide bonds. The molecule has 0 atom stereocenters. The highest BCUT2D eigenvalue weighted by atomic mass is 16.5. The molecule has 0 radical (unpaired) electrons. The Morgan fingerprint density at radius 1 is 1.44 bits per heavy atom. The maximum atomic E-state index is 11.4. The number of carbonyl (C=O) groups excluding carboxylic acids is 1. The summed E-state index contributed by atoms with van der Waals surface area (Å²) in [5.41, 5.74) is 7.24. The second kappa shape index (κ2) is 6.74. The van der Waals surface area contributed by atoms with Gasteiger partial charge in [-0.05, 0) is 18.6 Å². The Labute approximate surface area is 108 Å². The lowest BCUT2D eigenvalue weighted by molar-refractivity contribution is -0.126. The smallest absolute Gasteiger partial charge is 0.241 e. The van der Waals surface area contributed by atoms with Gasteiger partial charge in [0.05, 0.1) is 18.8 Å². The molecule has 5 heteroatoms. The summed E-state index contributed by atoms with van der Waals surface area (Å²) in [4.78, 5) is 13.0. The number of anilines is 2. The van der Waals surface area contributed by atoms with Crippen molar-refractivity contribution in [2.45, 2.75) is 13.3 Å². The van der Waals surface area contributed by atoms with Gasteiger partial charge in [-0.15, -0.1) is 0 Å². The Hall–Kier alpha value is -1.91. The minimum absolute atomic E-state index is 0.0165. The topological polar surface area (TPSA) is 67.6 Å². The summed E-state index contributed by atoms with van der Waals surface area (Å²) in [5.74, 6) is 0.669. The van der Waals surface area contributed by atoms with Crippen LogP contribution in [-0.2, 0) is 4.79 Å². The van der Waals surface area contributed by atoms with Gasteiger partial charge in [-0.25, -0.2) is 0 Å². The van der Waals surface area contributed by atoms with E-state index in [4.69, 9.17) is 10.5 Å². The predicted octanol–water partition coefficient (Wildman–Crippen LogP) is 1.56. The number of ether oxygens (including phenoxy) is 1. The molecule has 0 spiro atoms. The zero-order valence-electron chi connectivity index (χ0n) is 11.2. The van der Waals surface area contributed by atoms with Gasteiger partial charge in [0.2, 0.25) is 5.91 Å². The molecule has 0 heterocycles. The van der Waals surface area contributed by atoms with Crippen molar-refractivity contribution in [2.75, 3.05) is 38.3 Å². The van der Waals surface area contributed by atoms with E-state index in [1.807, 2.05) is 19.1 Å². The number of hydrogen-bond donors (Lipinski definition) is 2. The van der Waals surface area contributed by atoms with Crippen molar-refractivity contribution >= 4 is 17.3 Å². The van der Waals surface area contributed by atoms with Crippen molar-refractivity contribution in [1.82, 2.24) is 4.90 Å². The molecular formula is C13H21N3O2. The fourth-order valence-electron chi connectivity index (χ4n) is 1.32. The first-order valence-corrected chi connectivity index (χ1v) is 6.01. The van der Waals surface area contributed by atoms with Crippen LogP contribution in [0.4, 0.5) is 11.4 Å². The van der Waals surface area contributed by atoms with Gasteiger partial charge in [-0.2, -0.15) is 0 Å². The van der Waals surface area contributed by atoms with Gasteiger partial charge in [-0.1, -0.05) is 6.92 Å². The van der Waals surface area contributed by atoms with E-state index in [0.717, 1.165) is 12.1 Å². The maximum absolute atomic E-state index is 11.4. The Morgan fingerprint density at radius 3 is 2.78 bits per heavy atom. The van der Waals surface area contributed by atoms with Crippen LogP contribution in [0, 0.1) is 0 Å². The van der Waals surface area contributed by atoms with Gasteiger partial charge in [0.1, 0.15) is 5.75 Å². The second-order valence-corrected chi connectivity index (χ2v) is 4.24. The number of hydrogen-bond acceptors (Lipinski definition) is 4. The van der Waals surface area contributed by atoms with Gasteiger partial charge in [0, 0.05) is 25.8 Å². The first-order valence-electron chi connectivity index (χ1n) is 6.01. The van der Waals surface area contributed by atoms with Crippen molar-refractivity contribution in [3.05, 3.63) is 18.2 Å². The molecule has 5 nitrogen and oxygen atoms in total. The molecule has 0 aliphatic rings. The lowest BCUT2D eigenvalue weighted by Gasteiger charge is -2.13. The van der Waals surface area contributed by atoms with E-state index >= 15 is 0 Å². The molecule has 1 aromatic carbocycles. The maximum Gasteiger partial charge on any atom is 0.241 e. The van der Waals surface area contributed by atoms with E-state index in [-0.39, 0.29) is 12.5 Å². The number of nitrogens with two attached hydrogens (primary N) is 1. The van der Waals surface area contributed by atoms with Crippen LogP contribution >= 0.6 is 0 Å². The molecule has 0 aliphatic heterocycles. The SMILES string of the molecule is CCCOc1cc(NCC(=O)N(C)C)ccc1N. The highest BCUT2D eigenvalue weighted by molar-refractivity contribution is 5.80. The number of amides is 1. The third-order valence-corrected chi connectivity index (χ3v) is 2.42.